The van der Waals surface area contributed by atoms with E-state index in [2.05, 4.69) is 4.98 Å². The zero-order valence-electron chi connectivity index (χ0n) is 10.5. The van der Waals surface area contributed by atoms with Crippen molar-refractivity contribution in [2.75, 3.05) is 0 Å². The summed E-state index contributed by atoms with van der Waals surface area (Å²) >= 11 is 5.87. The Bertz CT molecular complexity index is 571. The average molecular weight is 280 g/mol. The molecular formula is C14H15ClFN3. The first-order valence-electron chi connectivity index (χ1n) is 5.87. The van der Waals surface area contributed by atoms with Crippen LogP contribution in [-0.2, 0) is 5.54 Å². The van der Waals surface area contributed by atoms with Crippen LogP contribution >= 0.6 is 11.6 Å². The third kappa shape index (κ3) is 2.61. The van der Waals surface area contributed by atoms with E-state index in [1.807, 2.05) is 0 Å². The highest BCUT2D eigenvalue weighted by atomic mass is 35.5. The summed E-state index contributed by atoms with van der Waals surface area (Å²) in [4.78, 5) is 3.54. The van der Waals surface area contributed by atoms with Gasteiger partial charge in [-0.25, -0.2) is 4.98 Å². The van der Waals surface area contributed by atoms with Crippen LogP contribution in [0.15, 0.2) is 42.6 Å². The van der Waals surface area contributed by atoms with E-state index >= 15 is 0 Å². The number of rotatable bonds is 3. The van der Waals surface area contributed by atoms with Gasteiger partial charge < -0.3 is 11.5 Å². The van der Waals surface area contributed by atoms with Crippen LogP contribution in [0.4, 0.5) is 4.39 Å². The van der Waals surface area contributed by atoms with Gasteiger partial charge in [0.1, 0.15) is 0 Å². The molecule has 1 aromatic heterocycles. The third-order valence-corrected chi connectivity index (χ3v) is 3.50. The molecule has 0 bridgehead atoms. The summed E-state index contributed by atoms with van der Waals surface area (Å²) in [6.07, 6.45) is 1.38. The SMILES string of the molecule is C[C@H](N)[C@@](N)(c1ccc(Cl)cc1)c1ccnc(F)c1. The van der Waals surface area contributed by atoms with Crippen molar-refractivity contribution in [2.45, 2.75) is 18.5 Å². The molecule has 0 unspecified atom stereocenters. The first kappa shape index (κ1) is 13.9. The largest absolute Gasteiger partial charge is 0.326 e. The number of hydrogen-bond donors (Lipinski definition) is 2. The second-order valence-corrected chi connectivity index (χ2v) is 4.97. The number of halogens is 2. The molecule has 0 saturated carbocycles. The fourth-order valence-corrected chi connectivity index (χ4v) is 2.20. The van der Waals surface area contributed by atoms with Gasteiger partial charge in [0, 0.05) is 17.3 Å². The number of benzene rings is 1. The van der Waals surface area contributed by atoms with Crippen molar-refractivity contribution in [3.05, 3.63) is 64.7 Å². The molecule has 0 radical (unpaired) electrons. The number of nitrogens with two attached hydrogens (primary N) is 2. The molecule has 1 heterocycles. The molecule has 0 saturated heterocycles. The third-order valence-electron chi connectivity index (χ3n) is 3.24. The van der Waals surface area contributed by atoms with Crippen LogP contribution in [-0.4, -0.2) is 11.0 Å². The molecule has 100 valence electrons. The highest BCUT2D eigenvalue weighted by Crippen LogP contribution is 2.30. The Morgan fingerprint density at radius 1 is 1.21 bits per heavy atom. The average Bonchev–Trinajstić information content (AvgIpc) is 2.38. The monoisotopic (exact) mass is 279 g/mol. The second-order valence-electron chi connectivity index (χ2n) is 4.53. The number of aromatic nitrogens is 1. The number of hydrogen-bond acceptors (Lipinski definition) is 3. The van der Waals surface area contributed by atoms with Crippen LogP contribution in [0.3, 0.4) is 0 Å². The van der Waals surface area contributed by atoms with Gasteiger partial charge in [0.05, 0.1) is 5.54 Å². The Morgan fingerprint density at radius 2 is 1.84 bits per heavy atom. The van der Waals surface area contributed by atoms with Crippen molar-refractivity contribution in [1.82, 2.24) is 4.98 Å². The minimum Gasteiger partial charge on any atom is -0.326 e. The van der Waals surface area contributed by atoms with E-state index in [1.165, 1.54) is 12.3 Å². The fraction of sp³-hybridized carbons (Fsp3) is 0.214. The molecular weight excluding hydrogens is 265 g/mol. The Morgan fingerprint density at radius 3 is 2.37 bits per heavy atom. The summed E-state index contributed by atoms with van der Waals surface area (Å²) in [5, 5.41) is 0.608. The maximum Gasteiger partial charge on any atom is 0.213 e. The maximum absolute atomic E-state index is 13.3. The highest BCUT2D eigenvalue weighted by Gasteiger charge is 2.34. The molecule has 2 aromatic rings. The Kier molecular flexibility index (Phi) is 3.85. The first-order chi connectivity index (χ1) is 8.94. The predicted molar refractivity (Wildman–Crippen MR) is 74.3 cm³/mol. The first-order valence-corrected chi connectivity index (χ1v) is 6.25. The molecule has 0 amide bonds. The van der Waals surface area contributed by atoms with Crippen LogP contribution in [0, 0.1) is 5.95 Å². The molecule has 1 aromatic carbocycles. The van der Waals surface area contributed by atoms with Gasteiger partial charge >= 0.3 is 0 Å². The molecule has 0 fully saturated rings. The molecule has 0 aliphatic heterocycles. The molecule has 2 atom stereocenters. The van der Waals surface area contributed by atoms with Gasteiger partial charge in [0.2, 0.25) is 5.95 Å². The van der Waals surface area contributed by atoms with Gasteiger partial charge in [0.25, 0.3) is 0 Å². The molecule has 5 heteroatoms. The Labute approximate surface area is 116 Å². The normalized spacial score (nSPS) is 15.8. The van der Waals surface area contributed by atoms with E-state index in [0.29, 0.717) is 10.6 Å². The summed E-state index contributed by atoms with van der Waals surface area (Å²) in [7, 11) is 0. The van der Waals surface area contributed by atoms with Gasteiger partial charge in [0.15, 0.2) is 0 Å². The summed E-state index contributed by atoms with van der Waals surface area (Å²) in [5.74, 6) is -0.582. The van der Waals surface area contributed by atoms with Gasteiger partial charge in [-0.05, 0) is 42.3 Å². The summed E-state index contributed by atoms with van der Waals surface area (Å²) in [5.41, 5.74) is 12.8. The lowest BCUT2D eigenvalue weighted by molar-refractivity contribution is 0.441. The van der Waals surface area contributed by atoms with Crippen LogP contribution in [0.5, 0.6) is 0 Å². The van der Waals surface area contributed by atoms with Crippen LogP contribution in [0.1, 0.15) is 18.1 Å². The topological polar surface area (TPSA) is 64.9 Å². The van der Waals surface area contributed by atoms with Crippen LogP contribution < -0.4 is 11.5 Å². The van der Waals surface area contributed by atoms with Crippen LogP contribution in [0.2, 0.25) is 5.02 Å². The van der Waals surface area contributed by atoms with Gasteiger partial charge in [-0.3, -0.25) is 0 Å². The second kappa shape index (κ2) is 5.25. The summed E-state index contributed by atoms with van der Waals surface area (Å²) in [6.45, 7) is 1.78. The molecule has 4 N–H and O–H groups in total. The van der Waals surface area contributed by atoms with Crippen molar-refractivity contribution >= 4 is 11.6 Å². The Hall–Kier alpha value is -1.49. The van der Waals surface area contributed by atoms with E-state index in [1.54, 1.807) is 37.3 Å². The van der Waals surface area contributed by atoms with Gasteiger partial charge in [-0.1, -0.05) is 23.7 Å². The minimum atomic E-state index is -0.992. The van der Waals surface area contributed by atoms with Gasteiger partial charge in [-0.2, -0.15) is 4.39 Å². The predicted octanol–water partition coefficient (Wildman–Crippen LogP) is 2.42. The van der Waals surface area contributed by atoms with Crippen molar-refractivity contribution in [3.63, 3.8) is 0 Å². The lowest BCUT2D eigenvalue weighted by Gasteiger charge is -2.34. The van der Waals surface area contributed by atoms with E-state index in [0.717, 1.165) is 5.56 Å². The van der Waals surface area contributed by atoms with Crippen molar-refractivity contribution in [1.29, 1.82) is 0 Å². The van der Waals surface area contributed by atoms with E-state index in [4.69, 9.17) is 23.1 Å². The van der Waals surface area contributed by atoms with Crippen molar-refractivity contribution in [2.24, 2.45) is 11.5 Å². The smallest absolute Gasteiger partial charge is 0.213 e. The molecule has 0 aliphatic carbocycles. The lowest BCUT2D eigenvalue weighted by Crippen LogP contribution is -2.51. The molecule has 19 heavy (non-hydrogen) atoms. The summed E-state index contributed by atoms with van der Waals surface area (Å²) in [6, 6.07) is 9.62. The standard InChI is InChI=1S/C14H15ClFN3/c1-9(17)14(18,10-2-4-12(15)5-3-10)11-6-7-19-13(16)8-11/h2-9H,17-18H2,1H3/t9-,14+/m0/s1. The highest BCUT2D eigenvalue weighted by molar-refractivity contribution is 6.30. The zero-order chi connectivity index (χ0) is 14.0. The minimum absolute atomic E-state index is 0.407. The fourth-order valence-electron chi connectivity index (χ4n) is 2.08. The van der Waals surface area contributed by atoms with Crippen molar-refractivity contribution < 1.29 is 4.39 Å². The molecule has 0 spiro atoms. The molecule has 2 rings (SSSR count). The van der Waals surface area contributed by atoms with Crippen molar-refractivity contribution in [3.8, 4) is 0 Å². The Balaban J connectivity index is 2.58. The number of nitrogens with zero attached hydrogens (tertiary/aromatic N) is 1. The van der Waals surface area contributed by atoms with E-state index in [-0.39, 0.29) is 0 Å². The lowest BCUT2D eigenvalue weighted by atomic mass is 9.79. The quantitative estimate of drug-likeness (QED) is 0.848. The molecule has 0 aliphatic rings. The molecule has 3 nitrogen and oxygen atoms in total. The number of pyridine rings is 1. The van der Waals surface area contributed by atoms with E-state index in [9.17, 15) is 4.39 Å². The maximum atomic E-state index is 13.3. The van der Waals surface area contributed by atoms with E-state index < -0.39 is 17.5 Å². The van der Waals surface area contributed by atoms with Gasteiger partial charge in [-0.15, -0.1) is 0 Å². The van der Waals surface area contributed by atoms with Crippen LogP contribution in [0.25, 0.3) is 0 Å². The summed E-state index contributed by atoms with van der Waals surface area (Å²) < 4.78 is 13.3. The zero-order valence-corrected chi connectivity index (χ0v) is 11.2.